The van der Waals surface area contributed by atoms with Crippen molar-refractivity contribution < 1.29 is 4.79 Å². The van der Waals surface area contributed by atoms with Crippen LogP contribution in [0.5, 0.6) is 0 Å². The average Bonchev–Trinajstić information content (AvgIpc) is 2.45. The largest absolute Gasteiger partial charge is 0.353 e. The van der Waals surface area contributed by atoms with Gasteiger partial charge in [0.25, 0.3) is 0 Å². The maximum atomic E-state index is 12.1. The minimum atomic E-state index is 0.0722. The zero-order valence-corrected chi connectivity index (χ0v) is 13.6. The highest BCUT2D eigenvalue weighted by molar-refractivity contribution is 5.78. The third kappa shape index (κ3) is 7.86. The van der Waals surface area contributed by atoms with Crippen molar-refractivity contribution in [1.29, 1.82) is 0 Å². The zero-order valence-electron chi connectivity index (χ0n) is 13.6. The van der Waals surface area contributed by atoms with Crippen molar-refractivity contribution in [2.75, 3.05) is 0 Å². The first-order valence-corrected chi connectivity index (χ1v) is 8.09. The number of benzene rings is 1. The molecule has 0 saturated heterocycles. The fourth-order valence-electron chi connectivity index (χ4n) is 2.36. The normalized spacial score (nSPS) is 15.2. The van der Waals surface area contributed by atoms with Crippen LogP contribution in [0, 0.1) is 5.92 Å². The van der Waals surface area contributed by atoms with Gasteiger partial charge in [-0.3, -0.25) is 4.79 Å². The Hall–Kier alpha value is -1.35. The van der Waals surface area contributed by atoms with E-state index in [1.807, 2.05) is 19.9 Å². The lowest BCUT2D eigenvalue weighted by Gasteiger charge is -2.18. The van der Waals surface area contributed by atoms with Crippen LogP contribution in [0.15, 0.2) is 30.3 Å². The molecule has 0 fully saturated rings. The Morgan fingerprint density at radius 1 is 1.10 bits per heavy atom. The predicted molar refractivity (Wildman–Crippen MR) is 89.0 cm³/mol. The minimum absolute atomic E-state index is 0.0722. The number of aryl methyl sites for hydroxylation is 1. The third-order valence-corrected chi connectivity index (χ3v) is 3.84. The molecule has 21 heavy (non-hydrogen) atoms. The van der Waals surface area contributed by atoms with Crippen molar-refractivity contribution in [3.63, 3.8) is 0 Å². The Bertz CT molecular complexity index is 403. The molecule has 0 aliphatic rings. The molecule has 0 aliphatic carbocycles. The molecule has 1 rings (SSSR count). The van der Waals surface area contributed by atoms with E-state index >= 15 is 0 Å². The van der Waals surface area contributed by atoms with E-state index in [0.29, 0.717) is 0 Å². The van der Waals surface area contributed by atoms with Gasteiger partial charge in [0, 0.05) is 18.0 Å². The van der Waals surface area contributed by atoms with E-state index in [2.05, 4.69) is 36.5 Å². The number of nitrogens with two attached hydrogens (primary N) is 1. The maximum Gasteiger partial charge on any atom is 0.223 e. The summed E-state index contributed by atoms with van der Waals surface area (Å²) in [6, 6.07) is 10.8. The van der Waals surface area contributed by atoms with Crippen molar-refractivity contribution in [2.45, 2.75) is 65.0 Å². The topological polar surface area (TPSA) is 55.1 Å². The first kappa shape index (κ1) is 17.7. The van der Waals surface area contributed by atoms with Crippen molar-refractivity contribution in [3.05, 3.63) is 35.9 Å². The van der Waals surface area contributed by atoms with Gasteiger partial charge in [0.1, 0.15) is 0 Å². The smallest absolute Gasteiger partial charge is 0.223 e. The third-order valence-electron chi connectivity index (χ3n) is 3.84. The van der Waals surface area contributed by atoms with Crippen LogP contribution in [0.25, 0.3) is 0 Å². The summed E-state index contributed by atoms with van der Waals surface area (Å²) < 4.78 is 0. The second kappa shape index (κ2) is 9.56. The summed E-state index contributed by atoms with van der Waals surface area (Å²) in [5.74, 6) is 0.239. The highest BCUT2D eigenvalue weighted by atomic mass is 16.1. The first-order valence-electron chi connectivity index (χ1n) is 8.09. The Balaban J connectivity index is 2.23. The molecular weight excluding hydrogens is 260 g/mol. The average molecular weight is 290 g/mol. The molecule has 3 nitrogen and oxygen atoms in total. The molecule has 3 heteroatoms. The number of rotatable bonds is 9. The van der Waals surface area contributed by atoms with Crippen LogP contribution < -0.4 is 11.1 Å². The maximum absolute atomic E-state index is 12.1. The van der Waals surface area contributed by atoms with Gasteiger partial charge in [-0.1, -0.05) is 43.7 Å². The van der Waals surface area contributed by atoms with Gasteiger partial charge in [0.2, 0.25) is 5.91 Å². The van der Waals surface area contributed by atoms with E-state index in [1.165, 1.54) is 5.56 Å². The van der Waals surface area contributed by atoms with Gasteiger partial charge in [-0.2, -0.15) is 0 Å². The van der Waals surface area contributed by atoms with E-state index in [0.717, 1.165) is 32.1 Å². The minimum Gasteiger partial charge on any atom is -0.353 e. The Morgan fingerprint density at radius 2 is 1.76 bits per heavy atom. The summed E-state index contributed by atoms with van der Waals surface area (Å²) in [7, 11) is 0. The molecule has 3 atom stereocenters. The van der Waals surface area contributed by atoms with Crippen molar-refractivity contribution in [1.82, 2.24) is 5.32 Å². The second-order valence-corrected chi connectivity index (χ2v) is 6.24. The summed E-state index contributed by atoms with van der Waals surface area (Å²) in [5.41, 5.74) is 7.05. The molecule has 0 spiro atoms. The van der Waals surface area contributed by atoms with Crippen molar-refractivity contribution in [2.24, 2.45) is 11.7 Å². The Morgan fingerprint density at radius 3 is 2.38 bits per heavy atom. The lowest BCUT2D eigenvalue weighted by atomic mass is 10.0. The van der Waals surface area contributed by atoms with Gasteiger partial charge in [0.15, 0.2) is 0 Å². The fraction of sp³-hybridized carbons (Fsp3) is 0.611. The summed E-state index contributed by atoms with van der Waals surface area (Å²) >= 11 is 0. The lowest BCUT2D eigenvalue weighted by molar-refractivity contribution is -0.125. The SMILES string of the molecule is CC(N)CCCC(C)C(=O)NC(C)CCc1ccccc1. The monoisotopic (exact) mass is 290 g/mol. The van der Waals surface area contributed by atoms with Crippen molar-refractivity contribution >= 4 is 5.91 Å². The van der Waals surface area contributed by atoms with Crippen LogP contribution in [-0.2, 0) is 11.2 Å². The predicted octanol–water partition coefficient (Wildman–Crippen LogP) is 3.28. The molecule has 3 unspecified atom stereocenters. The molecule has 1 amide bonds. The van der Waals surface area contributed by atoms with Crippen LogP contribution in [0.2, 0.25) is 0 Å². The molecule has 1 aromatic carbocycles. The van der Waals surface area contributed by atoms with Gasteiger partial charge in [-0.25, -0.2) is 0 Å². The molecule has 118 valence electrons. The van der Waals surface area contributed by atoms with E-state index in [-0.39, 0.29) is 23.9 Å². The quantitative estimate of drug-likeness (QED) is 0.733. The highest BCUT2D eigenvalue weighted by Crippen LogP contribution is 2.10. The van der Waals surface area contributed by atoms with Gasteiger partial charge in [0.05, 0.1) is 0 Å². The number of carbonyl (C=O) groups is 1. The molecule has 3 N–H and O–H groups in total. The van der Waals surface area contributed by atoms with Gasteiger partial charge >= 0.3 is 0 Å². The fourth-order valence-corrected chi connectivity index (χ4v) is 2.36. The first-order chi connectivity index (χ1) is 9.99. The number of hydrogen-bond donors (Lipinski definition) is 2. The summed E-state index contributed by atoms with van der Waals surface area (Å²) in [5, 5.41) is 3.12. The molecule has 0 aliphatic heterocycles. The van der Waals surface area contributed by atoms with Crippen LogP contribution >= 0.6 is 0 Å². The second-order valence-electron chi connectivity index (χ2n) is 6.24. The van der Waals surface area contributed by atoms with Crippen molar-refractivity contribution in [3.8, 4) is 0 Å². The van der Waals surface area contributed by atoms with E-state index in [4.69, 9.17) is 5.73 Å². The molecule has 0 radical (unpaired) electrons. The number of nitrogens with one attached hydrogen (secondary N) is 1. The standard InChI is InChI=1S/C18H30N2O/c1-14(8-7-9-15(2)19)18(21)20-16(3)12-13-17-10-5-4-6-11-17/h4-6,10-11,14-16H,7-9,12-13,19H2,1-3H3,(H,20,21). The lowest BCUT2D eigenvalue weighted by Crippen LogP contribution is -2.36. The van der Waals surface area contributed by atoms with E-state index < -0.39 is 0 Å². The summed E-state index contributed by atoms with van der Waals surface area (Å²) in [6.07, 6.45) is 4.90. The summed E-state index contributed by atoms with van der Waals surface area (Å²) in [6.45, 7) is 6.09. The van der Waals surface area contributed by atoms with E-state index in [1.54, 1.807) is 0 Å². The van der Waals surface area contributed by atoms with Crippen LogP contribution in [0.1, 0.15) is 52.0 Å². The molecular formula is C18H30N2O. The van der Waals surface area contributed by atoms with Crippen LogP contribution in [0.4, 0.5) is 0 Å². The van der Waals surface area contributed by atoms with Crippen LogP contribution in [0.3, 0.4) is 0 Å². The molecule has 0 heterocycles. The zero-order chi connectivity index (χ0) is 15.7. The molecule has 1 aromatic rings. The Labute approximate surface area is 129 Å². The van der Waals surface area contributed by atoms with Gasteiger partial charge in [-0.05, 0) is 45.1 Å². The van der Waals surface area contributed by atoms with E-state index in [9.17, 15) is 4.79 Å². The number of amides is 1. The van der Waals surface area contributed by atoms with Gasteiger partial charge in [-0.15, -0.1) is 0 Å². The molecule has 0 saturated carbocycles. The number of hydrogen-bond acceptors (Lipinski definition) is 2. The molecule has 0 bridgehead atoms. The molecule has 0 aromatic heterocycles. The van der Waals surface area contributed by atoms with Gasteiger partial charge < -0.3 is 11.1 Å². The Kier molecular flexibility index (Phi) is 8.06. The highest BCUT2D eigenvalue weighted by Gasteiger charge is 2.15. The van der Waals surface area contributed by atoms with Crippen LogP contribution in [-0.4, -0.2) is 18.0 Å². The number of carbonyl (C=O) groups excluding carboxylic acids is 1. The summed E-state index contributed by atoms with van der Waals surface area (Å²) in [4.78, 5) is 12.1.